The molecule has 0 spiro atoms. The molecule has 1 aromatic heterocycles. The van der Waals surface area contributed by atoms with Crippen LogP contribution in [0.2, 0.25) is 5.02 Å². The van der Waals surface area contributed by atoms with Gasteiger partial charge in [-0.2, -0.15) is 0 Å². The topological polar surface area (TPSA) is 76.1 Å². The van der Waals surface area contributed by atoms with Crippen molar-refractivity contribution in [1.82, 2.24) is 10.2 Å². The molecular formula is C15H17ClN4O2. The molecule has 22 heavy (non-hydrogen) atoms. The minimum Gasteiger partial charge on any atom is -0.383 e. The van der Waals surface area contributed by atoms with E-state index in [-0.39, 0.29) is 11.6 Å². The number of nitrogens with one attached hydrogen (secondary N) is 2. The Kier molecular flexibility index (Phi) is 5.68. The van der Waals surface area contributed by atoms with Crippen molar-refractivity contribution in [2.24, 2.45) is 0 Å². The Morgan fingerprint density at radius 3 is 2.77 bits per heavy atom. The van der Waals surface area contributed by atoms with E-state index in [0.717, 1.165) is 5.56 Å². The molecule has 0 unspecified atom stereocenters. The predicted octanol–water partition coefficient (Wildman–Crippen LogP) is 2.75. The van der Waals surface area contributed by atoms with E-state index in [1.807, 2.05) is 13.0 Å². The zero-order valence-corrected chi connectivity index (χ0v) is 13.1. The quantitative estimate of drug-likeness (QED) is 0.800. The number of hydrogen-bond donors (Lipinski definition) is 2. The molecule has 0 radical (unpaired) electrons. The van der Waals surface area contributed by atoms with Crippen LogP contribution in [-0.4, -0.2) is 36.4 Å². The fraction of sp³-hybridized carbons (Fsp3) is 0.267. The van der Waals surface area contributed by atoms with Gasteiger partial charge in [0, 0.05) is 24.4 Å². The Morgan fingerprint density at radius 2 is 2.09 bits per heavy atom. The minimum atomic E-state index is -0.332. The van der Waals surface area contributed by atoms with Crippen molar-refractivity contribution >= 4 is 29.0 Å². The summed E-state index contributed by atoms with van der Waals surface area (Å²) < 4.78 is 4.93. The van der Waals surface area contributed by atoms with E-state index in [1.54, 1.807) is 31.4 Å². The maximum absolute atomic E-state index is 12.2. The highest BCUT2D eigenvalue weighted by atomic mass is 35.5. The standard InChI is InChI=1S/C15H17ClN4O2/c1-10-3-4-11(16)9-13(10)18-15(21)12-5-6-14(20-19-12)17-7-8-22-2/h3-6,9H,7-8H2,1-2H3,(H,17,20)(H,18,21). The number of aromatic nitrogens is 2. The van der Waals surface area contributed by atoms with Crippen molar-refractivity contribution in [2.75, 3.05) is 30.9 Å². The first-order chi connectivity index (χ1) is 10.6. The molecule has 0 fully saturated rings. The summed E-state index contributed by atoms with van der Waals surface area (Å²) in [5, 5.41) is 14.2. The molecule has 6 nitrogen and oxygen atoms in total. The molecule has 0 aliphatic carbocycles. The first-order valence-electron chi connectivity index (χ1n) is 6.74. The van der Waals surface area contributed by atoms with Crippen molar-refractivity contribution < 1.29 is 9.53 Å². The van der Waals surface area contributed by atoms with Crippen LogP contribution in [0.4, 0.5) is 11.5 Å². The van der Waals surface area contributed by atoms with Crippen LogP contribution in [0.1, 0.15) is 16.1 Å². The van der Waals surface area contributed by atoms with Gasteiger partial charge in [0.25, 0.3) is 5.91 Å². The fourth-order valence-electron chi connectivity index (χ4n) is 1.74. The minimum absolute atomic E-state index is 0.233. The second-order valence-corrected chi connectivity index (χ2v) is 5.07. The van der Waals surface area contributed by atoms with Gasteiger partial charge in [0.1, 0.15) is 5.82 Å². The average molecular weight is 321 g/mol. The molecule has 0 aliphatic rings. The van der Waals surface area contributed by atoms with Gasteiger partial charge < -0.3 is 15.4 Å². The van der Waals surface area contributed by atoms with E-state index < -0.39 is 0 Å². The van der Waals surface area contributed by atoms with Gasteiger partial charge in [-0.3, -0.25) is 4.79 Å². The maximum atomic E-state index is 12.2. The summed E-state index contributed by atoms with van der Waals surface area (Å²) >= 11 is 5.93. The van der Waals surface area contributed by atoms with Gasteiger partial charge >= 0.3 is 0 Å². The molecule has 0 saturated carbocycles. The Hall–Kier alpha value is -2.18. The first kappa shape index (κ1) is 16.2. The fourth-order valence-corrected chi connectivity index (χ4v) is 1.92. The van der Waals surface area contributed by atoms with E-state index in [2.05, 4.69) is 20.8 Å². The van der Waals surface area contributed by atoms with Crippen LogP contribution in [0.3, 0.4) is 0 Å². The second-order valence-electron chi connectivity index (χ2n) is 4.64. The molecule has 0 bridgehead atoms. The Labute approximate surface area is 133 Å². The van der Waals surface area contributed by atoms with E-state index in [9.17, 15) is 4.79 Å². The van der Waals surface area contributed by atoms with Gasteiger partial charge in [-0.15, -0.1) is 10.2 Å². The van der Waals surface area contributed by atoms with Crippen molar-refractivity contribution in [1.29, 1.82) is 0 Å². The van der Waals surface area contributed by atoms with E-state index in [1.165, 1.54) is 0 Å². The van der Waals surface area contributed by atoms with E-state index in [0.29, 0.717) is 29.7 Å². The normalized spacial score (nSPS) is 10.3. The molecule has 116 valence electrons. The summed E-state index contributed by atoms with van der Waals surface area (Å²) in [6, 6.07) is 8.61. The van der Waals surface area contributed by atoms with Gasteiger partial charge in [-0.05, 0) is 36.8 Å². The van der Waals surface area contributed by atoms with Crippen LogP contribution < -0.4 is 10.6 Å². The largest absolute Gasteiger partial charge is 0.383 e. The molecule has 0 atom stereocenters. The molecular weight excluding hydrogens is 304 g/mol. The monoisotopic (exact) mass is 320 g/mol. The molecule has 1 aromatic carbocycles. The highest BCUT2D eigenvalue weighted by Gasteiger charge is 2.10. The smallest absolute Gasteiger partial charge is 0.276 e. The van der Waals surface area contributed by atoms with Crippen LogP contribution in [0.15, 0.2) is 30.3 Å². The van der Waals surface area contributed by atoms with Crippen molar-refractivity contribution in [3.8, 4) is 0 Å². The number of amides is 1. The summed E-state index contributed by atoms with van der Waals surface area (Å²) in [5.74, 6) is 0.258. The third-order valence-electron chi connectivity index (χ3n) is 2.96. The van der Waals surface area contributed by atoms with Gasteiger partial charge in [0.05, 0.1) is 6.61 Å². The number of nitrogens with zero attached hydrogens (tertiary/aromatic N) is 2. The lowest BCUT2D eigenvalue weighted by atomic mass is 10.2. The molecule has 7 heteroatoms. The molecule has 2 N–H and O–H groups in total. The van der Waals surface area contributed by atoms with Gasteiger partial charge in [0.15, 0.2) is 5.69 Å². The summed E-state index contributed by atoms with van der Waals surface area (Å²) in [4.78, 5) is 12.2. The number of aryl methyl sites for hydroxylation is 1. The highest BCUT2D eigenvalue weighted by molar-refractivity contribution is 6.31. The summed E-state index contributed by atoms with van der Waals surface area (Å²) in [6.45, 7) is 3.08. The van der Waals surface area contributed by atoms with Gasteiger partial charge in [-0.1, -0.05) is 17.7 Å². The second kappa shape index (κ2) is 7.72. The molecule has 2 rings (SSSR count). The number of carbonyl (C=O) groups is 1. The lowest BCUT2D eigenvalue weighted by Crippen LogP contribution is -2.16. The highest BCUT2D eigenvalue weighted by Crippen LogP contribution is 2.20. The third kappa shape index (κ3) is 4.41. The molecule has 1 heterocycles. The van der Waals surface area contributed by atoms with Crippen LogP contribution in [-0.2, 0) is 4.74 Å². The Balaban J connectivity index is 2.02. The van der Waals surface area contributed by atoms with Crippen LogP contribution in [0.25, 0.3) is 0 Å². The maximum Gasteiger partial charge on any atom is 0.276 e. The predicted molar refractivity (Wildman–Crippen MR) is 86.5 cm³/mol. The van der Waals surface area contributed by atoms with Crippen LogP contribution >= 0.6 is 11.6 Å². The van der Waals surface area contributed by atoms with Crippen LogP contribution in [0, 0.1) is 6.92 Å². The zero-order chi connectivity index (χ0) is 15.9. The Morgan fingerprint density at radius 1 is 1.27 bits per heavy atom. The number of anilines is 2. The molecule has 0 aliphatic heterocycles. The molecule has 1 amide bonds. The zero-order valence-electron chi connectivity index (χ0n) is 12.4. The number of hydrogen-bond acceptors (Lipinski definition) is 5. The Bertz CT molecular complexity index is 646. The first-order valence-corrected chi connectivity index (χ1v) is 7.12. The third-order valence-corrected chi connectivity index (χ3v) is 3.19. The number of benzene rings is 1. The van der Waals surface area contributed by atoms with Crippen molar-refractivity contribution in [3.63, 3.8) is 0 Å². The van der Waals surface area contributed by atoms with E-state index in [4.69, 9.17) is 16.3 Å². The number of ether oxygens (including phenoxy) is 1. The lowest BCUT2D eigenvalue weighted by Gasteiger charge is -2.08. The van der Waals surface area contributed by atoms with Crippen LogP contribution in [0.5, 0.6) is 0 Å². The lowest BCUT2D eigenvalue weighted by molar-refractivity contribution is 0.102. The number of methoxy groups -OCH3 is 1. The molecule has 2 aromatic rings. The van der Waals surface area contributed by atoms with Gasteiger partial charge in [0.2, 0.25) is 0 Å². The van der Waals surface area contributed by atoms with Gasteiger partial charge in [-0.25, -0.2) is 0 Å². The SMILES string of the molecule is COCCNc1ccc(C(=O)Nc2cc(Cl)ccc2C)nn1. The molecule has 0 saturated heterocycles. The van der Waals surface area contributed by atoms with Crippen molar-refractivity contribution in [3.05, 3.63) is 46.6 Å². The average Bonchev–Trinajstić information content (AvgIpc) is 2.52. The summed E-state index contributed by atoms with van der Waals surface area (Å²) in [6.07, 6.45) is 0. The number of rotatable bonds is 6. The van der Waals surface area contributed by atoms with Crippen molar-refractivity contribution in [2.45, 2.75) is 6.92 Å². The number of halogens is 1. The number of carbonyl (C=O) groups excluding carboxylic acids is 1. The van der Waals surface area contributed by atoms with E-state index >= 15 is 0 Å². The summed E-state index contributed by atoms with van der Waals surface area (Å²) in [7, 11) is 1.62. The summed E-state index contributed by atoms with van der Waals surface area (Å²) in [5.41, 5.74) is 1.81.